The summed E-state index contributed by atoms with van der Waals surface area (Å²) < 4.78 is 19.9. The molecule has 0 radical (unpaired) electrons. The van der Waals surface area contributed by atoms with E-state index in [4.69, 9.17) is 4.74 Å². The fourth-order valence-corrected chi connectivity index (χ4v) is 3.36. The highest BCUT2D eigenvalue weighted by molar-refractivity contribution is 5.92. The van der Waals surface area contributed by atoms with Crippen LogP contribution in [-0.4, -0.2) is 69.1 Å². The molecule has 0 atom stereocenters. The first-order chi connectivity index (χ1) is 14.1. The minimum Gasteiger partial charge on any atom is -0.444 e. The smallest absolute Gasteiger partial charge is 0.410 e. The van der Waals surface area contributed by atoms with E-state index >= 15 is 0 Å². The first-order valence-electron chi connectivity index (χ1n) is 10.0. The van der Waals surface area contributed by atoms with Crippen LogP contribution in [0, 0.1) is 11.7 Å². The molecule has 162 valence electrons. The fraction of sp³-hybridized carbons (Fsp3) is 0.524. The van der Waals surface area contributed by atoms with Gasteiger partial charge >= 0.3 is 6.09 Å². The van der Waals surface area contributed by atoms with E-state index in [0.717, 1.165) is 12.8 Å². The summed E-state index contributed by atoms with van der Waals surface area (Å²) in [7, 11) is 1.74. The van der Waals surface area contributed by atoms with Gasteiger partial charge in [0.15, 0.2) is 5.69 Å². The maximum atomic E-state index is 13.1. The maximum Gasteiger partial charge on any atom is 0.410 e. The number of aromatic nitrogens is 3. The highest BCUT2D eigenvalue weighted by atomic mass is 19.1. The quantitative estimate of drug-likeness (QED) is 0.764. The van der Waals surface area contributed by atoms with Crippen LogP contribution in [0.4, 0.5) is 9.18 Å². The van der Waals surface area contributed by atoms with Crippen molar-refractivity contribution in [1.29, 1.82) is 0 Å². The van der Waals surface area contributed by atoms with E-state index in [9.17, 15) is 14.0 Å². The van der Waals surface area contributed by atoms with Gasteiger partial charge in [-0.2, -0.15) is 0 Å². The lowest BCUT2D eigenvalue weighted by atomic mass is 9.96. The third kappa shape index (κ3) is 5.55. The van der Waals surface area contributed by atoms with Gasteiger partial charge in [-0.15, -0.1) is 5.10 Å². The third-order valence-corrected chi connectivity index (χ3v) is 4.94. The Bertz CT molecular complexity index is 883. The number of piperidine rings is 1. The van der Waals surface area contributed by atoms with Crippen LogP contribution in [0.3, 0.4) is 0 Å². The number of benzene rings is 1. The number of nitrogens with zero attached hydrogens (tertiary/aromatic N) is 5. The molecule has 30 heavy (non-hydrogen) atoms. The number of hydrogen-bond donors (Lipinski definition) is 0. The van der Waals surface area contributed by atoms with E-state index in [1.807, 2.05) is 20.8 Å². The summed E-state index contributed by atoms with van der Waals surface area (Å²) >= 11 is 0. The normalized spacial score (nSPS) is 15.2. The van der Waals surface area contributed by atoms with Gasteiger partial charge in [0, 0.05) is 26.7 Å². The van der Waals surface area contributed by atoms with Gasteiger partial charge in [-0.25, -0.2) is 13.9 Å². The summed E-state index contributed by atoms with van der Waals surface area (Å²) in [6.45, 7) is 7.31. The molecule has 9 heteroatoms. The molecular weight excluding hydrogens is 389 g/mol. The average molecular weight is 417 g/mol. The first kappa shape index (κ1) is 21.7. The Labute approximate surface area is 175 Å². The number of amides is 2. The van der Waals surface area contributed by atoms with E-state index in [0.29, 0.717) is 31.2 Å². The van der Waals surface area contributed by atoms with Gasteiger partial charge in [0.25, 0.3) is 5.91 Å². The van der Waals surface area contributed by atoms with Gasteiger partial charge in [-0.3, -0.25) is 4.79 Å². The molecule has 3 rings (SSSR count). The van der Waals surface area contributed by atoms with Crippen LogP contribution in [0.25, 0.3) is 5.69 Å². The average Bonchev–Trinajstić information content (AvgIpc) is 3.17. The Balaban J connectivity index is 1.52. The molecule has 1 fully saturated rings. The Morgan fingerprint density at radius 3 is 2.43 bits per heavy atom. The molecular formula is C21H28FN5O3. The fourth-order valence-electron chi connectivity index (χ4n) is 3.36. The Kier molecular flexibility index (Phi) is 6.38. The largest absolute Gasteiger partial charge is 0.444 e. The second kappa shape index (κ2) is 8.81. The van der Waals surface area contributed by atoms with Crippen LogP contribution in [-0.2, 0) is 4.74 Å². The minimum atomic E-state index is -0.521. The van der Waals surface area contributed by atoms with Crippen molar-refractivity contribution in [2.24, 2.45) is 5.92 Å². The molecule has 0 unspecified atom stereocenters. The van der Waals surface area contributed by atoms with Crippen molar-refractivity contribution in [3.8, 4) is 5.69 Å². The number of carbonyl (C=O) groups excluding carboxylic acids is 2. The van der Waals surface area contributed by atoms with Crippen molar-refractivity contribution < 1.29 is 18.7 Å². The number of hydrogen-bond acceptors (Lipinski definition) is 5. The van der Waals surface area contributed by atoms with Crippen LogP contribution in [0.15, 0.2) is 30.5 Å². The van der Waals surface area contributed by atoms with Crippen molar-refractivity contribution in [2.45, 2.75) is 39.2 Å². The van der Waals surface area contributed by atoms with Crippen molar-refractivity contribution in [2.75, 3.05) is 26.7 Å². The highest BCUT2D eigenvalue weighted by Gasteiger charge is 2.28. The molecule has 1 aromatic carbocycles. The third-order valence-electron chi connectivity index (χ3n) is 4.94. The molecule has 1 aliphatic rings. The summed E-state index contributed by atoms with van der Waals surface area (Å²) in [5.41, 5.74) is 0.363. The van der Waals surface area contributed by atoms with Gasteiger partial charge < -0.3 is 14.5 Å². The number of likely N-dealkylation sites (tertiary alicyclic amines) is 1. The summed E-state index contributed by atoms with van der Waals surface area (Å²) in [6.07, 6.45) is 2.81. The molecule has 1 aromatic heterocycles. The van der Waals surface area contributed by atoms with E-state index in [-0.39, 0.29) is 23.5 Å². The van der Waals surface area contributed by atoms with Crippen LogP contribution in [0.2, 0.25) is 0 Å². The van der Waals surface area contributed by atoms with Gasteiger partial charge in [0.05, 0.1) is 11.9 Å². The molecule has 0 N–H and O–H groups in total. The zero-order valence-electron chi connectivity index (χ0n) is 17.8. The van der Waals surface area contributed by atoms with Crippen molar-refractivity contribution in [3.05, 3.63) is 42.0 Å². The van der Waals surface area contributed by atoms with Gasteiger partial charge in [0.1, 0.15) is 11.4 Å². The lowest BCUT2D eigenvalue weighted by molar-refractivity contribution is 0.0245. The second-order valence-corrected chi connectivity index (χ2v) is 8.62. The predicted molar refractivity (Wildman–Crippen MR) is 109 cm³/mol. The lowest BCUT2D eigenvalue weighted by Crippen LogP contribution is -2.43. The monoisotopic (exact) mass is 417 g/mol. The summed E-state index contributed by atoms with van der Waals surface area (Å²) in [6, 6.07) is 5.81. The van der Waals surface area contributed by atoms with Crippen molar-refractivity contribution >= 4 is 12.0 Å². The predicted octanol–water partition coefficient (Wildman–Crippen LogP) is 3.13. The van der Waals surface area contributed by atoms with E-state index < -0.39 is 5.60 Å². The molecule has 0 spiro atoms. The number of rotatable bonds is 4. The zero-order valence-corrected chi connectivity index (χ0v) is 17.8. The second-order valence-electron chi connectivity index (χ2n) is 8.62. The molecule has 0 bridgehead atoms. The van der Waals surface area contributed by atoms with Gasteiger partial charge in [-0.1, -0.05) is 5.21 Å². The Morgan fingerprint density at radius 1 is 1.20 bits per heavy atom. The topological polar surface area (TPSA) is 80.6 Å². The Hall–Kier alpha value is -2.97. The summed E-state index contributed by atoms with van der Waals surface area (Å²) in [4.78, 5) is 28.2. The lowest BCUT2D eigenvalue weighted by Gasteiger charge is -2.34. The maximum absolute atomic E-state index is 13.1. The van der Waals surface area contributed by atoms with Crippen molar-refractivity contribution in [1.82, 2.24) is 24.8 Å². The number of halogens is 1. The number of ether oxygens (including phenoxy) is 1. The van der Waals surface area contributed by atoms with Gasteiger partial charge in [-0.05, 0) is 63.8 Å². The molecule has 2 heterocycles. The minimum absolute atomic E-state index is 0.178. The molecule has 8 nitrogen and oxygen atoms in total. The van der Waals surface area contributed by atoms with Crippen LogP contribution < -0.4 is 0 Å². The van der Waals surface area contributed by atoms with Crippen LogP contribution in [0.1, 0.15) is 44.1 Å². The van der Waals surface area contributed by atoms with Gasteiger partial charge in [0.2, 0.25) is 0 Å². The van der Waals surface area contributed by atoms with E-state index in [1.54, 1.807) is 35.2 Å². The molecule has 0 saturated carbocycles. The molecule has 1 aliphatic heterocycles. The number of carbonyl (C=O) groups is 2. The zero-order chi connectivity index (χ0) is 21.9. The summed E-state index contributed by atoms with van der Waals surface area (Å²) in [5.74, 6) is -0.209. The van der Waals surface area contributed by atoms with Crippen molar-refractivity contribution in [3.63, 3.8) is 0 Å². The van der Waals surface area contributed by atoms with Crippen LogP contribution >= 0.6 is 0 Å². The standard InChI is InChI=1S/C21H28FN5O3/c1-21(2,3)30-20(29)25(4)13-15-9-11-26(12-10-15)19(28)18-14-27(24-23-18)17-7-5-16(22)6-8-17/h5-8,14-15H,9-13H2,1-4H3. The van der Waals surface area contributed by atoms with E-state index in [2.05, 4.69) is 10.3 Å². The molecule has 2 aromatic rings. The molecule has 1 saturated heterocycles. The highest BCUT2D eigenvalue weighted by Crippen LogP contribution is 2.21. The SMILES string of the molecule is CN(CC1CCN(C(=O)c2cn(-c3ccc(F)cc3)nn2)CC1)C(=O)OC(C)(C)C. The molecule has 2 amide bonds. The first-order valence-corrected chi connectivity index (χ1v) is 10.0. The molecule has 0 aliphatic carbocycles. The Morgan fingerprint density at radius 2 is 1.83 bits per heavy atom. The summed E-state index contributed by atoms with van der Waals surface area (Å²) in [5, 5.41) is 7.95. The van der Waals surface area contributed by atoms with E-state index in [1.165, 1.54) is 16.8 Å². The van der Waals surface area contributed by atoms with Crippen LogP contribution in [0.5, 0.6) is 0 Å².